The second kappa shape index (κ2) is 5.00. The number of nitrogens with zero attached hydrogens (tertiary/aromatic N) is 3. The molecule has 3 rings (SSSR count). The molecule has 0 bridgehead atoms. The first kappa shape index (κ1) is 13.8. The first-order valence-electron chi connectivity index (χ1n) is 6.15. The Morgan fingerprint density at radius 2 is 2.10 bits per heavy atom. The van der Waals surface area contributed by atoms with Crippen molar-refractivity contribution in [3.63, 3.8) is 0 Å². The van der Waals surface area contributed by atoms with Crippen LogP contribution in [0.2, 0.25) is 0 Å². The Hall–Kier alpha value is -2.14. The fourth-order valence-corrected chi connectivity index (χ4v) is 2.72. The largest absolute Gasteiger partial charge is 0.369 e. The van der Waals surface area contributed by atoms with Gasteiger partial charge in [-0.15, -0.1) is 0 Å². The van der Waals surface area contributed by atoms with Gasteiger partial charge in [-0.05, 0) is 53.3 Å². The van der Waals surface area contributed by atoms with Crippen molar-refractivity contribution in [3.05, 3.63) is 50.8 Å². The molecule has 0 aliphatic rings. The standard InChI is InChI=1S/C15H10FIN4/c1-8-2-3-9(7-18)4-13(8)21-14-5-10(16)11(17)6-12(14)20-15(21)19/h2-6H,1H3,(H2,19,20). The Balaban J connectivity index is 2.38. The molecule has 0 aliphatic carbocycles. The van der Waals surface area contributed by atoms with Crippen LogP contribution >= 0.6 is 22.6 Å². The van der Waals surface area contributed by atoms with Crippen LogP contribution in [0.25, 0.3) is 16.7 Å². The minimum atomic E-state index is -0.321. The molecule has 0 saturated heterocycles. The van der Waals surface area contributed by atoms with Gasteiger partial charge in [0.25, 0.3) is 0 Å². The summed E-state index contributed by atoms with van der Waals surface area (Å²) in [6, 6.07) is 10.5. The van der Waals surface area contributed by atoms with Gasteiger partial charge in [0.15, 0.2) is 0 Å². The van der Waals surface area contributed by atoms with Gasteiger partial charge in [-0.25, -0.2) is 9.37 Å². The van der Waals surface area contributed by atoms with Crippen molar-refractivity contribution in [1.82, 2.24) is 9.55 Å². The van der Waals surface area contributed by atoms with Crippen molar-refractivity contribution in [2.45, 2.75) is 6.92 Å². The summed E-state index contributed by atoms with van der Waals surface area (Å²) in [7, 11) is 0. The molecule has 3 aromatic rings. The van der Waals surface area contributed by atoms with E-state index in [2.05, 4.69) is 11.1 Å². The summed E-state index contributed by atoms with van der Waals surface area (Å²) in [4.78, 5) is 4.27. The summed E-state index contributed by atoms with van der Waals surface area (Å²) in [5, 5.41) is 9.05. The number of aryl methyl sites for hydroxylation is 1. The maximum atomic E-state index is 13.9. The number of nitrogen functional groups attached to an aromatic ring is 1. The SMILES string of the molecule is Cc1ccc(C#N)cc1-n1c(N)nc2cc(I)c(F)cc21. The molecule has 0 fully saturated rings. The molecule has 21 heavy (non-hydrogen) atoms. The van der Waals surface area contributed by atoms with Gasteiger partial charge in [-0.1, -0.05) is 6.07 Å². The van der Waals surface area contributed by atoms with Crippen molar-refractivity contribution < 1.29 is 4.39 Å². The maximum Gasteiger partial charge on any atom is 0.205 e. The van der Waals surface area contributed by atoms with Crippen LogP contribution in [0, 0.1) is 27.6 Å². The van der Waals surface area contributed by atoms with Crippen LogP contribution in [0.15, 0.2) is 30.3 Å². The molecular weight excluding hydrogens is 382 g/mol. The summed E-state index contributed by atoms with van der Waals surface area (Å²) < 4.78 is 16.0. The summed E-state index contributed by atoms with van der Waals surface area (Å²) in [5.41, 5.74) is 9.38. The highest BCUT2D eigenvalue weighted by Crippen LogP contribution is 2.28. The molecule has 0 radical (unpaired) electrons. The molecule has 4 nitrogen and oxygen atoms in total. The van der Waals surface area contributed by atoms with E-state index in [4.69, 9.17) is 11.0 Å². The smallest absolute Gasteiger partial charge is 0.205 e. The topological polar surface area (TPSA) is 67.6 Å². The molecule has 104 valence electrons. The zero-order valence-corrected chi connectivity index (χ0v) is 13.2. The molecule has 0 saturated carbocycles. The third kappa shape index (κ3) is 2.23. The third-order valence-corrected chi connectivity index (χ3v) is 4.13. The van der Waals surface area contributed by atoms with Gasteiger partial charge in [-0.3, -0.25) is 4.57 Å². The molecule has 0 aliphatic heterocycles. The average Bonchev–Trinajstić information content (AvgIpc) is 2.75. The van der Waals surface area contributed by atoms with Gasteiger partial charge in [0.1, 0.15) is 5.82 Å². The van der Waals surface area contributed by atoms with Crippen molar-refractivity contribution >= 4 is 39.6 Å². The highest BCUT2D eigenvalue weighted by Gasteiger charge is 2.14. The number of rotatable bonds is 1. The number of hydrogen-bond acceptors (Lipinski definition) is 3. The van der Waals surface area contributed by atoms with Crippen molar-refractivity contribution in [1.29, 1.82) is 5.26 Å². The first-order valence-corrected chi connectivity index (χ1v) is 7.23. The normalized spacial score (nSPS) is 10.8. The van der Waals surface area contributed by atoms with Gasteiger partial charge in [0.05, 0.1) is 31.9 Å². The predicted molar refractivity (Wildman–Crippen MR) is 87.6 cm³/mol. The Kier molecular flexibility index (Phi) is 3.29. The van der Waals surface area contributed by atoms with Crippen molar-refractivity contribution in [2.75, 3.05) is 5.73 Å². The Bertz CT molecular complexity index is 908. The van der Waals surface area contributed by atoms with Crippen LogP contribution < -0.4 is 5.73 Å². The number of benzene rings is 2. The highest BCUT2D eigenvalue weighted by molar-refractivity contribution is 14.1. The lowest BCUT2D eigenvalue weighted by Gasteiger charge is -2.10. The van der Waals surface area contributed by atoms with Gasteiger partial charge >= 0.3 is 0 Å². The second-order valence-electron chi connectivity index (χ2n) is 4.67. The van der Waals surface area contributed by atoms with Gasteiger partial charge in [0, 0.05) is 6.07 Å². The average molecular weight is 392 g/mol. The van der Waals surface area contributed by atoms with Crippen LogP contribution in [0.1, 0.15) is 11.1 Å². The molecule has 0 unspecified atom stereocenters. The predicted octanol–water partition coefficient (Wildman–Crippen LogP) is 3.53. The number of anilines is 1. The van der Waals surface area contributed by atoms with Crippen molar-refractivity contribution in [2.24, 2.45) is 0 Å². The fourth-order valence-electron chi connectivity index (χ4n) is 2.26. The lowest BCUT2D eigenvalue weighted by atomic mass is 10.1. The molecule has 0 amide bonds. The molecule has 1 heterocycles. The number of nitrogens with two attached hydrogens (primary N) is 1. The van der Waals surface area contributed by atoms with E-state index in [0.717, 1.165) is 11.3 Å². The number of nitriles is 1. The Labute approximate surface area is 134 Å². The second-order valence-corrected chi connectivity index (χ2v) is 5.84. The van der Waals surface area contributed by atoms with E-state index in [1.54, 1.807) is 22.8 Å². The molecule has 2 aromatic carbocycles. The summed E-state index contributed by atoms with van der Waals surface area (Å²) >= 11 is 1.92. The van der Waals surface area contributed by atoms with Crippen LogP contribution in [0.5, 0.6) is 0 Å². The maximum absolute atomic E-state index is 13.9. The zero-order chi connectivity index (χ0) is 15.1. The van der Waals surface area contributed by atoms with Gasteiger partial charge in [-0.2, -0.15) is 5.26 Å². The van der Waals surface area contributed by atoms with E-state index in [1.807, 2.05) is 35.6 Å². The minimum Gasteiger partial charge on any atom is -0.369 e. The molecule has 1 aromatic heterocycles. The number of fused-ring (bicyclic) bond motifs is 1. The van der Waals surface area contributed by atoms with Gasteiger partial charge < -0.3 is 5.73 Å². The first-order chi connectivity index (χ1) is 10.0. The van der Waals surface area contributed by atoms with Crippen LogP contribution in [0.4, 0.5) is 10.3 Å². The Morgan fingerprint density at radius 3 is 2.81 bits per heavy atom. The van der Waals surface area contributed by atoms with Crippen molar-refractivity contribution in [3.8, 4) is 11.8 Å². The Morgan fingerprint density at radius 1 is 1.33 bits per heavy atom. The van der Waals surface area contributed by atoms with E-state index in [0.29, 0.717) is 20.2 Å². The zero-order valence-electron chi connectivity index (χ0n) is 11.1. The van der Waals surface area contributed by atoms with Crippen LogP contribution in [-0.2, 0) is 0 Å². The number of imidazole rings is 1. The summed E-state index contributed by atoms with van der Waals surface area (Å²) in [5.74, 6) is -0.0528. The molecule has 2 N–H and O–H groups in total. The number of hydrogen-bond donors (Lipinski definition) is 1. The van der Waals surface area contributed by atoms with E-state index in [1.165, 1.54) is 6.07 Å². The highest BCUT2D eigenvalue weighted by atomic mass is 127. The van der Waals surface area contributed by atoms with Crippen LogP contribution in [-0.4, -0.2) is 9.55 Å². The van der Waals surface area contributed by atoms with Gasteiger partial charge in [0.2, 0.25) is 5.95 Å². The lowest BCUT2D eigenvalue weighted by molar-refractivity contribution is 0.622. The van der Waals surface area contributed by atoms with Crippen LogP contribution in [0.3, 0.4) is 0 Å². The quantitative estimate of drug-likeness (QED) is 0.645. The lowest BCUT2D eigenvalue weighted by Crippen LogP contribution is -2.03. The third-order valence-electron chi connectivity index (χ3n) is 3.30. The molecule has 0 atom stereocenters. The number of halogens is 2. The van der Waals surface area contributed by atoms with E-state index in [9.17, 15) is 4.39 Å². The number of aromatic nitrogens is 2. The van der Waals surface area contributed by atoms with E-state index >= 15 is 0 Å². The molecular formula is C15H10FIN4. The minimum absolute atomic E-state index is 0.268. The molecule has 6 heteroatoms. The summed E-state index contributed by atoms with van der Waals surface area (Å²) in [6.45, 7) is 1.91. The molecule has 0 spiro atoms. The fraction of sp³-hybridized carbons (Fsp3) is 0.0667. The van der Waals surface area contributed by atoms with E-state index < -0.39 is 0 Å². The van der Waals surface area contributed by atoms with E-state index in [-0.39, 0.29) is 11.8 Å². The monoisotopic (exact) mass is 392 g/mol. The summed E-state index contributed by atoms with van der Waals surface area (Å²) in [6.07, 6.45) is 0.